The van der Waals surface area contributed by atoms with E-state index in [0.717, 1.165) is 19.5 Å². The lowest BCUT2D eigenvalue weighted by atomic mass is 10.0. The molecule has 1 saturated heterocycles. The minimum atomic E-state index is 0.296. The minimum absolute atomic E-state index is 0.296. The number of aliphatic hydroxyl groups excluding tert-OH is 1. The highest BCUT2D eigenvalue weighted by atomic mass is 16.3. The Labute approximate surface area is 104 Å². The van der Waals surface area contributed by atoms with E-state index < -0.39 is 0 Å². The first-order valence-electron chi connectivity index (χ1n) is 6.53. The van der Waals surface area contributed by atoms with Crippen molar-refractivity contribution in [1.29, 1.82) is 0 Å². The highest BCUT2D eigenvalue weighted by Crippen LogP contribution is 2.22. The molecule has 0 radical (unpaired) electrons. The summed E-state index contributed by atoms with van der Waals surface area (Å²) < 4.78 is 0. The van der Waals surface area contributed by atoms with Crippen molar-refractivity contribution < 1.29 is 5.11 Å². The summed E-state index contributed by atoms with van der Waals surface area (Å²) in [6, 6.07) is 4.95. The van der Waals surface area contributed by atoms with Crippen LogP contribution in [0.3, 0.4) is 0 Å². The zero-order chi connectivity index (χ0) is 12.4. The van der Waals surface area contributed by atoms with E-state index in [2.05, 4.69) is 37.8 Å². The molecule has 0 amide bonds. The van der Waals surface area contributed by atoms with Crippen LogP contribution in [-0.2, 0) is 6.54 Å². The first-order valence-corrected chi connectivity index (χ1v) is 6.53. The summed E-state index contributed by atoms with van der Waals surface area (Å²) in [7, 11) is 0. The Hall–Kier alpha value is -0.860. The van der Waals surface area contributed by atoms with Crippen LogP contribution in [0, 0.1) is 20.8 Å². The molecule has 0 bridgehead atoms. The number of hydrogen-bond donors (Lipinski definition) is 1. The van der Waals surface area contributed by atoms with Gasteiger partial charge in [-0.1, -0.05) is 12.1 Å². The zero-order valence-corrected chi connectivity index (χ0v) is 11.2. The third kappa shape index (κ3) is 2.70. The molecule has 17 heavy (non-hydrogen) atoms. The molecule has 2 rings (SSSR count). The van der Waals surface area contributed by atoms with Gasteiger partial charge < -0.3 is 5.11 Å². The maximum Gasteiger partial charge on any atom is 0.0587 e. The largest absolute Gasteiger partial charge is 0.395 e. The number of benzene rings is 1. The number of aryl methyl sites for hydroxylation is 3. The van der Waals surface area contributed by atoms with Gasteiger partial charge in [0.1, 0.15) is 0 Å². The molecule has 0 aromatic heterocycles. The van der Waals surface area contributed by atoms with Crippen molar-refractivity contribution >= 4 is 0 Å². The SMILES string of the molecule is Cc1cc(C)c(CN2CCC[C@H]2CO)cc1C. The molecule has 0 saturated carbocycles. The summed E-state index contributed by atoms with van der Waals surface area (Å²) in [5.74, 6) is 0. The van der Waals surface area contributed by atoms with E-state index in [9.17, 15) is 5.11 Å². The second-order valence-electron chi connectivity index (χ2n) is 5.31. The van der Waals surface area contributed by atoms with Crippen LogP contribution in [0.15, 0.2) is 12.1 Å². The average molecular weight is 233 g/mol. The average Bonchev–Trinajstić information content (AvgIpc) is 2.73. The van der Waals surface area contributed by atoms with Gasteiger partial charge in [-0.3, -0.25) is 4.90 Å². The third-order valence-corrected chi connectivity index (χ3v) is 4.04. The zero-order valence-electron chi connectivity index (χ0n) is 11.2. The summed E-state index contributed by atoms with van der Waals surface area (Å²) in [5, 5.41) is 9.34. The second kappa shape index (κ2) is 5.19. The molecular weight excluding hydrogens is 210 g/mol. The van der Waals surface area contributed by atoms with Gasteiger partial charge in [-0.15, -0.1) is 0 Å². The molecule has 0 aliphatic carbocycles. The van der Waals surface area contributed by atoms with E-state index in [1.165, 1.54) is 28.7 Å². The molecule has 1 atom stereocenters. The Kier molecular flexibility index (Phi) is 3.85. The van der Waals surface area contributed by atoms with Gasteiger partial charge in [0.2, 0.25) is 0 Å². The number of likely N-dealkylation sites (tertiary alicyclic amines) is 1. The fraction of sp³-hybridized carbons (Fsp3) is 0.600. The molecule has 94 valence electrons. The molecule has 1 aromatic rings. The molecular formula is C15H23NO. The van der Waals surface area contributed by atoms with E-state index >= 15 is 0 Å². The van der Waals surface area contributed by atoms with Gasteiger partial charge in [0.15, 0.2) is 0 Å². The predicted octanol–water partition coefficient (Wildman–Crippen LogP) is 2.57. The molecule has 1 N–H and O–H groups in total. The Morgan fingerprint density at radius 3 is 2.59 bits per heavy atom. The summed E-state index contributed by atoms with van der Waals surface area (Å²) >= 11 is 0. The lowest BCUT2D eigenvalue weighted by Crippen LogP contribution is -2.31. The summed E-state index contributed by atoms with van der Waals surface area (Å²) in [4.78, 5) is 2.41. The lowest BCUT2D eigenvalue weighted by Gasteiger charge is -2.24. The normalized spacial score (nSPS) is 21.1. The van der Waals surface area contributed by atoms with Crippen molar-refractivity contribution in [1.82, 2.24) is 4.90 Å². The molecule has 1 aliphatic heterocycles. The number of nitrogens with zero attached hydrogens (tertiary/aromatic N) is 1. The topological polar surface area (TPSA) is 23.5 Å². The summed E-state index contributed by atoms with van der Waals surface area (Å²) in [6.45, 7) is 8.93. The van der Waals surface area contributed by atoms with Gasteiger partial charge in [0.25, 0.3) is 0 Å². The maximum absolute atomic E-state index is 9.34. The van der Waals surface area contributed by atoms with Crippen LogP contribution in [0.1, 0.15) is 35.1 Å². The van der Waals surface area contributed by atoms with Crippen LogP contribution in [0.2, 0.25) is 0 Å². The quantitative estimate of drug-likeness (QED) is 0.867. The number of aliphatic hydroxyl groups is 1. The van der Waals surface area contributed by atoms with Crippen LogP contribution in [0.4, 0.5) is 0 Å². The van der Waals surface area contributed by atoms with E-state index in [1.807, 2.05) is 0 Å². The molecule has 1 aliphatic rings. The Morgan fingerprint density at radius 2 is 1.88 bits per heavy atom. The van der Waals surface area contributed by atoms with Gasteiger partial charge in [-0.25, -0.2) is 0 Å². The molecule has 2 nitrogen and oxygen atoms in total. The van der Waals surface area contributed by atoms with Crippen molar-refractivity contribution in [2.45, 2.75) is 46.2 Å². The molecule has 0 spiro atoms. The van der Waals surface area contributed by atoms with Crippen molar-refractivity contribution in [3.8, 4) is 0 Å². The third-order valence-electron chi connectivity index (χ3n) is 4.04. The van der Waals surface area contributed by atoms with Crippen LogP contribution in [0.5, 0.6) is 0 Å². The standard InChI is InChI=1S/C15H23NO/c1-11-7-13(3)14(8-12(11)2)9-16-6-4-5-15(16)10-17/h7-8,15,17H,4-6,9-10H2,1-3H3/t15-/m0/s1. The highest BCUT2D eigenvalue weighted by Gasteiger charge is 2.23. The van der Waals surface area contributed by atoms with Crippen molar-refractivity contribution in [3.63, 3.8) is 0 Å². The van der Waals surface area contributed by atoms with Crippen LogP contribution in [-0.4, -0.2) is 29.2 Å². The van der Waals surface area contributed by atoms with Gasteiger partial charge in [-0.2, -0.15) is 0 Å². The van der Waals surface area contributed by atoms with Gasteiger partial charge >= 0.3 is 0 Å². The molecule has 1 heterocycles. The number of hydrogen-bond acceptors (Lipinski definition) is 2. The van der Waals surface area contributed by atoms with Crippen molar-refractivity contribution in [2.75, 3.05) is 13.2 Å². The minimum Gasteiger partial charge on any atom is -0.395 e. The van der Waals surface area contributed by atoms with E-state index in [4.69, 9.17) is 0 Å². The second-order valence-corrected chi connectivity index (χ2v) is 5.31. The lowest BCUT2D eigenvalue weighted by molar-refractivity contribution is 0.153. The summed E-state index contributed by atoms with van der Waals surface area (Å²) in [5.41, 5.74) is 5.52. The van der Waals surface area contributed by atoms with Gasteiger partial charge in [-0.05, 0) is 62.4 Å². The fourth-order valence-corrected chi connectivity index (χ4v) is 2.72. The van der Waals surface area contributed by atoms with Crippen LogP contribution >= 0.6 is 0 Å². The first-order chi connectivity index (χ1) is 8.11. The predicted molar refractivity (Wildman–Crippen MR) is 71.2 cm³/mol. The maximum atomic E-state index is 9.34. The Balaban J connectivity index is 2.15. The molecule has 1 fully saturated rings. The fourth-order valence-electron chi connectivity index (χ4n) is 2.72. The monoisotopic (exact) mass is 233 g/mol. The van der Waals surface area contributed by atoms with Crippen molar-refractivity contribution in [3.05, 3.63) is 34.4 Å². The number of rotatable bonds is 3. The molecule has 0 unspecified atom stereocenters. The molecule has 2 heteroatoms. The highest BCUT2D eigenvalue weighted by molar-refractivity contribution is 5.36. The Morgan fingerprint density at radius 1 is 1.18 bits per heavy atom. The van der Waals surface area contributed by atoms with Gasteiger partial charge in [0, 0.05) is 12.6 Å². The van der Waals surface area contributed by atoms with E-state index in [0.29, 0.717) is 12.6 Å². The Bertz CT molecular complexity index is 400. The first kappa shape index (κ1) is 12.6. The van der Waals surface area contributed by atoms with Crippen LogP contribution < -0.4 is 0 Å². The van der Waals surface area contributed by atoms with Gasteiger partial charge in [0.05, 0.1) is 6.61 Å². The van der Waals surface area contributed by atoms with E-state index in [-0.39, 0.29) is 0 Å². The smallest absolute Gasteiger partial charge is 0.0587 e. The van der Waals surface area contributed by atoms with Crippen LogP contribution in [0.25, 0.3) is 0 Å². The summed E-state index contributed by atoms with van der Waals surface area (Å²) in [6.07, 6.45) is 2.36. The van der Waals surface area contributed by atoms with E-state index in [1.54, 1.807) is 0 Å². The van der Waals surface area contributed by atoms with Crippen molar-refractivity contribution in [2.24, 2.45) is 0 Å². The molecule has 1 aromatic carbocycles.